The highest BCUT2D eigenvalue weighted by molar-refractivity contribution is 7.94. The lowest BCUT2D eigenvalue weighted by molar-refractivity contribution is 0.521. The van der Waals surface area contributed by atoms with Crippen LogP contribution in [0.3, 0.4) is 0 Å². The second kappa shape index (κ2) is 8.07. The number of sulfonamides is 2. The molecule has 13 heteroatoms. The number of nitrogens with one attached hydrogen (secondary N) is 2. The number of thiophene rings is 1. The maximum absolute atomic E-state index is 13.9. The molecular weight excluding hydrogens is 489 g/mol. The Morgan fingerprint density at radius 1 is 0.793 bits per heavy atom. The van der Waals surface area contributed by atoms with Gasteiger partial charge in [0.25, 0.3) is 20.0 Å². The lowest BCUT2D eigenvalue weighted by Crippen LogP contribution is -2.19. The predicted octanol–water partition coefficient (Wildman–Crippen LogP) is 4.93. The molecule has 0 aliphatic heterocycles. The third-order valence-electron chi connectivity index (χ3n) is 3.50. The van der Waals surface area contributed by atoms with E-state index in [1.165, 1.54) is 17.5 Å². The molecule has 0 spiro atoms. The summed E-state index contributed by atoms with van der Waals surface area (Å²) in [6, 6.07) is 7.49. The molecule has 0 radical (unpaired) electrons. The monoisotopic (exact) mass is 498 g/mol. The van der Waals surface area contributed by atoms with Gasteiger partial charge in [0.1, 0.15) is 15.8 Å². The SMILES string of the molecule is O=S(=O)(Nc1cc(Cl)c(Cl)cc1NS(=O)(=O)c1c(F)cccc1F)c1cccs1. The molecular formula is C16H10Cl2F2N2O4S3. The maximum atomic E-state index is 13.9. The quantitative estimate of drug-likeness (QED) is 0.503. The molecule has 1 heterocycles. The van der Waals surface area contributed by atoms with Crippen LogP contribution in [0.25, 0.3) is 0 Å². The van der Waals surface area contributed by atoms with E-state index in [-0.39, 0.29) is 25.6 Å². The summed E-state index contributed by atoms with van der Waals surface area (Å²) < 4.78 is 82.0. The lowest BCUT2D eigenvalue weighted by Gasteiger charge is -2.16. The number of rotatable bonds is 6. The average Bonchev–Trinajstić information content (AvgIpc) is 3.14. The fourth-order valence-electron chi connectivity index (χ4n) is 2.26. The van der Waals surface area contributed by atoms with Crippen LogP contribution < -0.4 is 9.44 Å². The van der Waals surface area contributed by atoms with Gasteiger partial charge < -0.3 is 0 Å². The molecule has 0 bridgehead atoms. The van der Waals surface area contributed by atoms with Gasteiger partial charge in [0.2, 0.25) is 0 Å². The van der Waals surface area contributed by atoms with Crippen LogP contribution in [0.5, 0.6) is 0 Å². The van der Waals surface area contributed by atoms with Crippen molar-refractivity contribution >= 4 is 66.0 Å². The van der Waals surface area contributed by atoms with Gasteiger partial charge in [-0.3, -0.25) is 9.44 Å². The molecule has 0 saturated carbocycles. The molecule has 29 heavy (non-hydrogen) atoms. The smallest absolute Gasteiger partial charge is 0.271 e. The minimum atomic E-state index is -4.77. The Kier molecular flexibility index (Phi) is 6.06. The Morgan fingerprint density at radius 2 is 1.31 bits per heavy atom. The molecule has 0 atom stereocenters. The van der Waals surface area contributed by atoms with Crippen molar-refractivity contribution in [1.29, 1.82) is 0 Å². The number of hydrogen-bond donors (Lipinski definition) is 2. The topological polar surface area (TPSA) is 92.3 Å². The summed E-state index contributed by atoms with van der Waals surface area (Å²) in [4.78, 5) is -1.22. The first-order valence-corrected chi connectivity index (χ1v) is 12.1. The summed E-state index contributed by atoms with van der Waals surface area (Å²) in [6.45, 7) is 0. The van der Waals surface area contributed by atoms with Crippen LogP contribution >= 0.6 is 34.5 Å². The normalized spacial score (nSPS) is 12.0. The van der Waals surface area contributed by atoms with Crippen molar-refractivity contribution in [2.24, 2.45) is 0 Å². The Hall–Kier alpha value is -1.92. The van der Waals surface area contributed by atoms with Crippen LogP contribution in [-0.2, 0) is 20.0 Å². The summed E-state index contributed by atoms with van der Waals surface area (Å²) in [7, 11) is -8.84. The van der Waals surface area contributed by atoms with E-state index in [2.05, 4.69) is 4.72 Å². The summed E-state index contributed by atoms with van der Waals surface area (Å²) >= 11 is 12.7. The van der Waals surface area contributed by atoms with Crippen LogP contribution in [0.2, 0.25) is 10.0 Å². The molecule has 2 N–H and O–H groups in total. The van der Waals surface area contributed by atoms with Crippen molar-refractivity contribution in [2.45, 2.75) is 9.10 Å². The molecule has 1 aromatic heterocycles. The average molecular weight is 499 g/mol. The van der Waals surface area contributed by atoms with E-state index < -0.39 is 36.6 Å². The van der Waals surface area contributed by atoms with Gasteiger partial charge in [-0.25, -0.2) is 25.6 Å². The highest BCUT2D eigenvalue weighted by atomic mass is 35.5. The van der Waals surface area contributed by atoms with Crippen molar-refractivity contribution < 1.29 is 25.6 Å². The number of anilines is 2. The second-order valence-corrected chi connectivity index (χ2v) is 10.8. The first-order chi connectivity index (χ1) is 13.5. The maximum Gasteiger partial charge on any atom is 0.271 e. The second-order valence-electron chi connectivity index (χ2n) is 5.51. The number of halogens is 4. The highest BCUT2D eigenvalue weighted by Gasteiger charge is 2.26. The largest absolute Gasteiger partial charge is 0.277 e. The van der Waals surface area contributed by atoms with Gasteiger partial charge in [0.15, 0.2) is 4.90 Å². The number of hydrogen-bond acceptors (Lipinski definition) is 5. The summed E-state index contributed by atoms with van der Waals surface area (Å²) in [6.07, 6.45) is 0. The Bertz CT molecular complexity index is 1260. The van der Waals surface area contributed by atoms with Gasteiger partial charge in [-0.05, 0) is 35.7 Å². The molecule has 0 aliphatic rings. The zero-order chi connectivity index (χ0) is 21.4. The molecule has 2 aromatic carbocycles. The minimum absolute atomic E-state index is 0.0440. The van der Waals surface area contributed by atoms with Crippen LogP contribution in [0.1, 0.15) is 0 Å². The van der Waals surface area contributed by atoms with Crippen LogP contribution in [-0.4, -0.2) is 16.8 Å². The van der Waals surface area contributed by atoms with E-state index in [0.717, 1.165) is 41.7 Å². The fourth-order valence-corrected chi connectivity index (χ4v) is 5.86. The van der Waals surface area contributed by atoms with Gasteiger partial charge >= 0.3 is 0 Å². The van der Waals surface area contributed by atoms with Gasteiger partial charge in [-0.2, -0.15) is 0 Å². The Balaban J connectivity index is 2.07. The molecule has 3 aromatic rings. The third kappa shape index (κ3) is 4.64. The molecule has 154 valence electrons. The molecule has 0 saturated heterocycles. The first-order valence-electron chi connectivity index (χ1n) is 7.53. The van der Waals surface area contributed by atoms with Gasteiger partial charge in [0.05, 0.1) is 21.4 Å². The zero-order valence-electron chi connectivity index (χ0n) is 14.0. The fraction of sp³-hybridized carbons (Fsp3) is 0. The van der Waals surface area contributed by atoms with E-state index in [9.17, 15) is 25.6 Å². The van der Waals surface area contributed by atoms with E-state index in [1.807, 2.05) is 4.72 Å². The minimum Gasteiger partial charge on any atom is -0.277 e. The van der Waals surface area contributed by atoms with Gasteiger partial charge in [-0.15, -0.1) is 11.3 Å². The lowest BCUT2D eigenvalue weighted by atomic mass is 10.3. The van der Waals surface area contributed by atoms with E-state index in [0.29, 0.717) is 0 Å². The van der Waals surface area contributed by atoms with Crippen LogP contribution in [0.4, 0.5) is 20.2 Å². The summed E-state index contributed by atoms with van der Waals surface area (Å²) in [5.41, 5.74) is -0.657. The summed E-state index contributed by atoms with van der Waals surface area (Å²) in [5, 5.41) is 1.35. The highest BCUT2D eigenvalue weighted by Crippen LogP contribution is 2.36. The molecule has 3 rings (SSSR count). The first kappa shape index (κ1) is 21.8. The van der Waals surface area contributed by atoms with E-state index in [4.69, 9.17) is 23.2 Å². The molecule has 0 amide bonds. The van der Waals surface area contributed by atoms with Crippen molar-refractivity contribution in [3.05, 3.63) is 69.5 Å². The van der Waals surface area contributed by atoms with Crippen molar-refractivity contribution in [3.63, 3.8) is 0 Å². The van der Waals surface area contributed by atoms with Crippen molar-refractivity contribution in [3.8, 4) is 0 Å². The standard InChI is InChI=1S/C16H10Cl2F2N2O4S3/c17-9-7-13(21-28(23,24)15-5-2-6-27-15)14(8-10(9)18)22-29(25,26)16-11(19)3-1-4-12(16)20/h1-8,21-22H. The number of benzene rings is 2. The zero-order valence-corrected chi connectivity index (χ0v) is 17.9. The Labute approximate surface area is 179 Å². The Morgan fingerprint density at radius 3 is 1.79 bits per heavy atom. The molecule has 6 nitrogen and oxygen atoms in total. The summed E-state index contributed by atoms with van der Waals surface area (Å²) in [5.74, 6) is -2.64. The van der Waals surface area contributed by atoms with Crippen LogP contribution in [0.15, 0.2) is 56.9 Å². The predicted molar refractivity (Wildman–Crippen MR) is 109 cm³/mol. The van der Waals surface area contributed by atoms with Crippen molar-refractivity contribution in [2.75, 3.05) is 9.44 Å². The van der Waals surface area contributed by atoms with Gasteiger partial charge in [-0.1, -0.05) is 35.3 Å². The molecule has 0 fully saturated rings. The van der Waals surface area contributed by atoms with Gasteiger partial charge in [0, 0.05) is 0 Å². The molecule has 0 aliphatic carbocycles. The van der Waals surface area contributed by atoms with E-state index in [1.54, 1.807) is 0 Å². The molecule has 0 unspecified atom stereocenters. The third-order valence-corrected chi connectivity index (χ3v) is 8.40. The van der Waals surface area contributed by atoms with E-state index >= 15 is 0 Å². The van der Waals surface area contributed by atoms with Crippen LogP contribution in [0, 0.1) is 11.6 Å². The van der Waals surface area contributed by atoms with Crippen molar-refractivity contribution in [1.82, 2.24) is 0 Å².